The van der Waals surface area contributed by atoms with E-state index in [1.807, 2.05) is 25.1 Å². The van der Waals surface area contributed by atoms with Crippen molar-refractivity contribution in [3.05, 3.63) is 35.9 Å². The van der Waals surface area contributed by atoms with Crippen LogP contribution in [0.15, 0.2) is 35.3 Å². The van der Waals surface area contributed by atoms with Gasteiger partial charge in [-0.1, -0.05) is 30.3 Å². The summed E-state index contributed by atoms with van der Waals surface area (Å²) >= 11 is 0. The number of nitrogens with zero attached hydrogens (tertiary/aromatic N) is 2. The molecule has 1 aromatic rings. The van der Waals surface area contributed by atoms with Crippen LogP contribution >= 0.6 is 24.0 Å². The van der Waals surface area contributed by atoms with Gasteiger partial charge in [-0.05, 0) is 32.4 Å². The molecule has 0 spiro atoms. The standard InChI is InChI=1S/C18H27F3N4.HI/c1-3-22-16(23-11-12-25(2)14-18(19,20)21)24-13-17(9-10-17)15-7-5-4-6-8-15;/h4-8H,3,9-14H2,1-2H3,(H2,22,23,24);1H. The second-order valence-electron chi connectivity index (χ2n) is 6.62. The summed E-state index contributed by atoms with van der Waals surface area (Å²) in [5, 5.41) is 6.27. The number of hydrogen-bond acceptors (Lipinski definition) is 2. The lowest BCUT2D eigenvalue weighted by Crippen LogP contribution is -2.42. The summed E-state index contributed by atoms with van der Waals surface area (Å²) in [5.74, 6) is 0.658. The lowest BCUT2D eigenvalue weighted by atomic mass is 9.96. The van der Waals surface area contributed by atoms with Crippen molar-refractivity contribution < 1.29 is 13.2 Å². The third-order valence-electron chi connectivity index (χ3n) is 4.36. The number of hydrogen-bond donors (Lipinski definition) is 2. The fourth-order valence-electron chi connectivity index (χ4n) is 2.80. The van der Waals surface area contributed by atoms with Gasteiger partial charge in [0.15, 0.2) is 5.96 Å². The summed E-state index contributed by atoms with van der Waals surface area (Å²) in [6.45, 7) is 3.17. The minimum absolute atomic E-state index is 0. The van der Waals surface area contributed by atoms with Crippen molar-refractivity contribution >= 4 is 29.9 Å². The van der Waals surface area contributed by atoms with E-state index in [1.165, 1.54) is 17.5 Å². The van der Waals surface area contributed by atoms with E-state index >= 15 is 0 Å². The molecule has 1 aliphatic carbocycles. The highest BCUT2D eigenvalue weighted by atomic mass is 127. The van der Waals surface area contributed by atoms with Crippen molar-refractivity contribution in [3.63, 3.8) is 0 Å². The normalized spacial score (nSPS) is 16.2. The predicted molar refractivity (Wildman–Crippen MR) is 110 cm³/mol. The molecule has 1 aliphatic rings. The summed E-state index contributed by atoms with van der Waals surface area (Å²) in [7, 11) is 1.47. The number of halogens is 4. The van der Waals surface area contributed by atoms with Crippen LogP contribution in [0, 0.1) is 0 Å². The van der Waals surface area contributed by atoms with E-state index in [1.54, 1.807) is 0 Å². The zero-order valence-electron chi connectivity index (χ0n) is 15.3. The minimum atomic E-state index is -4.17. The average Bonchev–Trinajstić information content (AvgIpc) is 3.33. The summed E-state index contributed by atoms with van der Waals surface area (Å²) in [4.78, 5) is 5.90. The van der Waals surface area contributed by atoms with Crippen LogP contribution in [0.5, 0.6) is 0 Å². The number of nitrogens with one attached hydrogen (secondary N) is 2. The molecule has 0 amide bonds. The fourth-order valence-corrected chi connectivity index (χ4v) is 2.80. The van der Waals surface area contributed by atoms with Gasteiger partial charge in [-0.25, -0.2) is 0 Å². The highest BCUT2D eigenvalue weighted by molar-refractivity contribution is 14.0. The van der Waals surface area contributed by atoms with Gasteiger partial charge in [-0.3, -0.25) is 9.89 Å². The van der Waals surface area contributed by atoms with Gasteiger partial charge in [0, 0.05) is 25.0 Å². The Hall–Kier alpha value is -1.03. The van der Waals surface area contributed by atoms with Crippen LogP contribution in [-0.4, -0.2) is 56.8 Å². The zero-order valence-corrected chi connectivity index (χ0v) is 17.6. The Kier molecular flexibility index (Phi) is 9.15. The van der Waals surface area contributed by atoms with E-state index in [4.69, 9.17) is 0 Å². The SMILES string of the molecule is CCNC(=NCC1(c2ccccc2)CC1)NCCN(C)CC(F)(F)F.I. The predicted octanol–water partition coefficient (Wildman–Crippen LogP) is 3.39. The molecule has 4 nitrogen and oxygen atoms in total. The Morgan fingerprint density at radius 3 is 2.38 bits per heavy atom. The first kappa shape index (κ1) is 23.0. The maximum absolute atomic E-state index is 12.3. The van der Waals surface area contributed by atoms with Crippen LogP contribution in [-0.2, 0) is 5.41 Å². The Balaban J connectivity index is 0.00000338. The molecule has 0 bridgehead atoms. The third-order valence-corrected chi connectivity index (χ3v) is 4.36. The lowest BCUT2D eigenvalue weighted by Gasteiger charge is -2.20. The zero-order chi connectivity index (χ0) is 18.3. The summed E-state index contributed by atoms with van der Waals surface area (Å²) in [6.07, 6.45) is -1.93. The van der Waals surface area contributed by atoms with E-state index in [0.29, 0.717) is 32.1 Å². The van der Waals surface area contributed by atoms with Crippen molar-refractivity contribution in [2.75, 3.05) is 39.8 Å². The fraction of sp³-hybridized carbons (Fsp3) is 0.611. The number of guanidine groups is 1. The van der Waals surface area contributed by atoms with E-state index in [0.717, 1.165) is 12.8 Å². The topological polar surface area (TPSA) is 39.7 Å². The summed E-state index contributed by atoms with van der Waals surface area (Å²) in [6, 6.07) is 10.4. The van der Waals surface area contributed by atoms with Gasteiger partial charge in [0.1, 0.15) is 0 Å². The first-order chi connectivity index (χ1) is 11.8. The number of likely N-dealkylation sites (N-methyl/N-ethyl adjacent to an activating group) is 1. The number of alkyl halides is 3. The molecule has 0 radical (unpaired) electrons. The Morgan fingerprint density at radius 1 is 1.19 bits per heavy atom. The largest absolute Gasteiger partial charge is 0.401 e. The summed E-state index contributed by atoms with van der Waals surface area (Å²) in [5.41, 5.74) is 1.43. The van der Waals surface area contributed by atoms with Gasteiger partial charge in [-0.15, -0.1) is 24.0 Å². The van der Waals surface area contributed by atoms with E-state index in [-0.39, 0.29) is 29.4 Å². The lowest BCUT2D eigenvalue weighted by molar-refractivity contribution is -0.142. The van der Waals surface area contributed by atoms with Crippen LogP contribution in [0.25, 0.3) is 0 Å². The van der Waals surface area contributed by atoms with Crippen LogP contribution in [0.1, 0.15) is 25.3 Å². The quantitative estimate of drug-likeness (QED) is 0.338. The van der Waals surface area contributed by atoms with Crippen LogP contribution in [0.2, 0.25) is 0 Å². The molecule has 0 unspecified atom stereocenters. The number of rotatable bonds is 8. The molecule has 0 atom stereocenters. The Morgan fingerprint density at radius 2 is 1.85 bits per heavy atom. The van der Waals surface area contributed by atoms with Gasteiger partial charge in [-0.2, -0.15) is 13.2 Å². The number of aliphatic imine (C=N–C) groups is 1. The van der Waals surface area contributed by atoms with E-state index in [2.05, 4.69) is 27.8 Å². The molecule has 1 fully saturated rings. The summed E-state index contributed by atoms with van der Waals surface area (Å²) < 4.78 is 37.0. The second-order valence-corrected chi connectivity index (χ2v) is 6.62. The minimum Gasteiger partial charge on any atom is -0.357 e. The van der Waals surface area contributed by atoms with Crippen LogP contribution in [0.3, 0.4) is 0 Å². The van der Waals surface area contributed by atoms with E-state index in [9.17, 15) is 13.2 Å². The van der Waals surface area contributed by atoms with Gasteiger partial charge in [0.2, 0.25) is 0 Å². The van der Waals surface area contributed by atoms with E-state index < -0.39 is 12.7 Å². The van der Waals surface area contributed by atoms with Gasteiger partial charge in [0.05, 0.1) is 13.1 Å². The first-order valence-electron chi connectivity index (χ1n) is 8.68. The van der Waals surface area contributed by atoms with Crippen LogP contribution < -0.4 is 10.6 Å². The third kappa shape index (κ3) is 7.69. The molecule has 1 saturated carbocycles. The Labute approximate surface area is 170 Å². The number of benzene rings is 1. The van der Waals surface area contributed by atoms with Crippen molar-refractivity contribution in [2.24, 2.45) is 4.99 Å². The van der Waals surface area contributed by atoms with Gasteiger partial charge in [0.25, 0.3) is 0 Å². The highest BCUT2D eigenvalue weighted by Crippen LogP contribution is 2.48. The average molecular weight is 484 g/mol. The maximum Gasteiger partial charge on any atom is 0.401 e. The molecule has 26 heavy (non-hydrogen) atoms. The smallest absolute Gasteiger partial charge is 0.357 e. The monoisotopic (exact) mass is 484 g/mol. The maximum atomic E-state index is 12.3. The molecule has 0 aromatic heterocycles. The van der Waals surface area contributed by atoms with Gasteiger partial charge < -0.3 is 10.6 Å². The van der Waals surface area contributed by atoms with Crippen LogP contribution in [0.4, 0.5) is 13.2 Å². The molecule has 0 aliphatic heterocycles. The van der Waals surface area contributed by atoms with Crippen molar-refractivity contribution in [1.82, 2.24) is 15.5 Å². The highest BCUT2D eigenvalue weighted by Gasteiger charge is 2.43. The first-order valence-corrected chi connectivity index (χ1v) is 8.68. The van der Waals surface area contributed by atoms with Crippen molar-refractivity contribution in [3.8, 4) is 0 Å². The molecule has 0 saturated heterocycles. The van der Waals surface area contributed by atoms with Crippen molar-refractivity contribution in [1.29, 1.82) is 0 Å². The Bertz CT molecular complexity index is 559. The molecule has 0 heterocycles. The molecule has 1 aromatic carbocycles. The molecule has 2 rings (SSSR count). The molecular weight excluding hydrogens is 456 g/mol. The van der Waals surface area contributed by atoms with Gasteiger partial charge >= 0.3 is 6.18 Å². The molecule has 8 heteroatoms. The molecule has 148 valence electrons. The molecular formula is C18H28F3IN4. The van der Waals surface area contributed by atoms with Crippen molar-refractivity contribution in [2.45, 2.75) is 31.4 Å². The molecule has 2 N–H and O–H groups in total. The second kappa shape index (κ2) is 10.3.